The molecule has 0 saturated heterocycles. The van der Waals surface area contributed by atoms with Crippen LogP contribution in [0.5, 0.6) is 0 Å². The number of hydrogen-bond donors (Lipinski definition) is 2. The van der Waals surface area contributed by atoms with Gasteiger partial charge in [0.1, 0.15) is 12.1 Å². The predicted molar refractivity (Wildman–Crippen MR) is 120 cm³/mol. The molecule has 4 aromatic rings. The van der Waals surface area contributed by atoms with E-state index in [1.54, 1.807) is 29.3 Å². The van der Waals surface area contributed by atoms with E-state index in [2.05, 4.69) is 30.4 Å². The second-order valence-electron chi connectivity index (χ2n) is 7.94. The van der Waals surface area contributed by atoms with Crippen molar-refractivity contribution < 1.29 is 4.79 Å². The Morgan fingerprint density at radius 2 is 1.62 bits per heavy atom. The molecule has 9 heteroatoms. The fourth-order valence-electron chi connectivity index (χ4n) is 4.04. The molecule has 3 aromatic heterocycles. The van der Waals surface area contributed by atoms with Gasteiger partial charge in [0, 0.05) is 36.8 Å². The summed E-state index contributed by atoms with van der Waals surface area (Å²) < 4.78 is 1.68. The van der Waals surface area contributed by atoms with E-state index in [-0.39, 0.29) is 11.9 Å². The zero-order valence-electron chi connectivity index (χ0n) is 17.6. The number of aryl methyl sites for hydroxylation is 1. The number of amides is 1. The molecule has 1 aliphatic carbocycles. The second-order valence-corrected chi connectivity index (χ2v) is 7.94. The number of aromatic nitrogens is 6. The number of nitrogens with one attached hydrogen (secondary N) is 1. The molecule has 5 rings (SSSR count). The molecule has 0 bridgehead atoms. The van der Waals surface area contributed by atoms with Gasteiger partial charge in [-0.3, -0.25) is 4.79 Å². The van der Waals surface area contributed by atoms with Gasteiger partial charge in [0.15, 0.2) is 5.82 Å². The monoisotopic (exact) mass is 426 g/mol. The number of benzene rings is 1. The molecule has 0 spiro atoms. The number of pyridine rings is 1. The minimum Gasteiger partial charge on any atom is -0.368 e. The van der Waals surface area contributed by atoms with Crippen LogP contribution in [0.3, 0.4) is 0 Å². The minimum atomic E-state index is -0.542. The van der Waals surface area contributed by atoms with Crippen LogP contribution in [0.4, 0.5) is 11.8 Å². The molecule has 0 aliphatic heterocycles. The molecule has 0 radical (unpaired) electrons. The molecule has 3 N–H and O–H groups in total. The summed E-state index contributed by atoms with van der Waals surface area (Å²) in [6.07, 6.45) is 9.20. The van der Waals surface area contributed by atoms with Crippen LogP contribution in [0.25, 0.3) is 22.5 Å². The second kappa shape index (κ2) is 7.84. The summed E-state index contributed by atoms with van der Waals surface area (Å²) in [6.45, 7) is 0. The maximum atomic E-state index is 13.3. The Morgan fingerprint density at radius 3 is 2.19 bits per heavy atom. The standard InChI is InChI=1S/C23H22N8O/c1-31-20(28-14-29-31)16-5-8-19(25-11-16)30-21(32)23(9-2-10-23)18-6-3-15(4-7-18)17-12-26-22(24)27-13-17/h3-8,11-14H,2,9-10H2,1H3,(H2,24,26,27)(H,25,30,32). The normalized spacial score (nSPS) is 14.5. The molecular formula is C23H22N8O. The van der Waals surface area contributed by atoms with E-state index < -0.39 is 5.41 Å². The summed E-state index contributed by atoms with van der Waals surface area (Å²) in [4.78, 5) is 30.0. The van der Waals surface area contributed by atoms with E-state index >= 15 is 0 Å². The Balaban J connectivity index is 1.34. The lowest BCUT2D eigenvalue weighted by atomic mass is 9.63. The fraction of sp³-hybridized carbons (Fsp3) is 0.217. The SMILES string of the molecule is Cn1ncnc1-c1ccc(NC(=O)C2(c3ccc(-c4cnc(N)nc4)cc3)CCC2)nc1. The van der Waals surface area contributed by atoms with Crippen molar-refractivity contribution >= 4 is 17.7 Å². The quantitative estimate of drug-likeness (QED) is 0.503. The highest BCUT2D eigenvalue weighted by atomic mass is 16.2. The van der Waals surface area contributed by atoms with E-state index in [4.69, 9.17) is 5.73 Å². The van der Waals surface area contributed by atoms with Crippen molar-refractivity contribution in [2.45, 2.75) is 24.7 Å². The van der Waals surface area contributed by atoms with Gasteiger partial charge < -0.3 is 11.1 Å². The lowest BCUT2D eigenvalue weighted by molar-refractivity contribution is -0.124. The van der Waals surface area contributed by atoms with Gasteiger partial charge in [-0.05, 0) is 36.1 Å². The molecule has 32 heavy (non-hydrogen) atoms. The summed E-state index contributed by atoms with van der Waals surface area (Å²) in [6, 6.07) is 11.7. The van der Waals surface area contributed by atoms with Crippen LogP contribution in [-0.4, -0.2) is 35.6 Å². The lowest BCUT2D eigenvalue weighted by Crippen LogP contribution is -2.46. The van der Waals surface area contributed by atoms with Gasteiger partial charge >= 0.3 is 0 Å². The molecule has 1 saturated carbocycles. The van der Waals surface area contributed by atoms with Crippen molar-refractivity contribution in [2.24, 2.45) is 7.05 Å². The van der Waals surface area contributed by atoms with E-state index in [1.165, 1.54) is 6.33 Å². The summed E-state index contributed by atoms with van der Waals surface area (Å²) >= 11 is 0. The topological polar surface area (TPSA) is 124 Å². The molecule has 9 nitrogen and oxygen atoms in total. The van der Waals surface area contributed by atoms with Crippen molar-refractivity contribution in [3.8, 4) is 22.5 Å². The lowest BCUT2D eigenvalue weighted by Gasteiger charge is -2.40. The Bertz CT molecular complexity index is 1240. The number of carbonyl (C=O) groups excluding carboxylic acids is 1. The molecule has 0 atom stereocenters. The van der Waals surface area contributed by atoms with Crippen molar-refractivity contribution in [3.05, 3.63) is 66.9 Å². The number of anilines is 2. The van der Waals surface area contributed by atoms with Gasteiger partial charge in [0.05, 0.1) is 5.41 Å². The average Bonchev–Trinajstić information content (AvgIpc) is 3.20. The predicted octanol–water partition coefficient (Wildman–Crippen LogP) is 2.98. The first-order valence-corrected chi connectivity index (χ1v) is 10.4. The maximum absolute atomic E-state index is 13.3. The van der Waals surface area contributed by atoms with Gasteiger partial charge in [-0.1, -0.05) is 30.7 Å². The van der Waals surface area contributed by atoms with E-state index in [9.17, 15) is 4.79 Å². The van der Waals surface area contributed by atoms with E-state index in [0.717, 1.165) is 47.3 Å². The fourth-order valence-corrected chi connectivity index (χ4v) is 4.04. The molecule has 3 heterocycles. The van der Waals surface area contributed by atoms with Crippen molar-refractivity contribution in [3.63, 3.8) is 0 Å². The van der Waals surface area contributed by atoms with Crippen LogP contribution in [0.15, 0.2) is 61.3 Å². The van der Waals surface area contributed by atoms with Crippen LogP contribution in [0.1, 0.15) is 24.8 Å². The third-order valence-electron chi connectivity index (χ3n) is 6.06. The van der Waals surface area contributed by atoms with E-state index in [1.807, 2.05) is 37.4 Å². The molecule has 0 unspecified atom stereocenters. The highest BCUT2D eigenvalue weighted by Gasteiger charge is 2.45. The number of rotatable bonds is 5. The molecular weight excluding hydrogens is 404 g/mol. The van der Waals surface area contributed by atoms with Crippen molar-refractivity contribution in [1.82, 2.24) is 29.7 Å². The molecule has 160 valence electrons. The minimum absolute atomic E-state index is 0.0359. The van der Waals surface area contributed by atoms with Crippen LogP contribution in [-0.2, 0) is 17.3 Å². The Hall–Kier alpha value is -4.14. The summed E-state index contributed by atoms with van der Waals surface area (Å²) in [5.74, 6) is 1.44. The molecule has 1 aromatic carbocycles. The van der Waals surface area contributed by atoms with Gasteiger partial charge in [0.2, 0.25) is 11.9 Å². The van der Waals surface area contributed by atoms with Crippen molar-refractivity contribution in [2.75, 3.05) is 11.1 Å². The molecule has 1 amide bonds. The number of carbonyl (C=O) groups is 1. The maximum Gasteiger partial charge on any atom is 0.236 e. The average molecular weight is 426 g/mol. The number of nitrogens with zero attached hydrogens (tertiary/aromatic N) is 6. The third kappa shape index (κ3) is 3.47. The molecule has 1 aliphatic rings. The highest BCUT2D eigenvalue weighted by Crippen LogP contribution is 2.45. The van der Waals surface area contributed by atoms with Gasteiger partial charge in [-0.2, -0.15) is 5.10 Å². The number of nitrogen functional groups attached to an aromatic ring is 1. The summed E-state index contributed by atoms with van der Waals surface area (Å²) in [7, 11) is 1.82. The van der Waals surface area contributed by atoms with Gasteiger partial charge in [0.25, 0.3) is 0 Å². The van der Waals surface area contributed by atoms with Crippen LogP contribution >= 0.6 is 0 Å². The Kier molecular flexibility index (Phi) is 4.85. The van der Waals surface area contributed by atoms with Crippen LogP contribution in [0.2, 0.25) is 0 Å². The summed E-state index contributed by atoms with van der Waals surface area (Å²) in [5.41, 5.74) is 8.72. The zero-order chi connectivity index (χ0) is 22.1. The third-order valence-corrected chi connectivity index (χ3v) is 6.06. The first kappa shape index (κ1) is 19.8. The van der Waals surface area contributed by atoms with Gasteiger partial charge in [-0.25, -0.2) is 24.6 Å². The smallest absolute Gasteiger partial charge is 0.236 e. The first-order valence-electron chi connectivity index (χ1n) is 10.4. The molecule has 1 fully saturated rings. The van der Waals surface area contributed by atoms with Crippen molar-refractivity contribution in [1.29, 1.82) is 0 Å². The largest absolute Gasteiger partial charge is 0.368 e. The van der Waals surface area contributed by atoms with Crippen LogP contribution in [0, 0.1) is 0 Å². The number of nitrogens with two attached hydrogens (primary N) is 1. The zero-order valence-corrected chi connectivity index (χ0v) is 17.6. The number of hydrogen-bond acceptors (Lipinski definition) is 7. The summed E-state index contributed by atoms with van der Waals surface area (Å²) in [5, 5.41) is 7.07. The van der Waals surface area contributed by atoms with Crippen LogP contribution < -0.4 is 11.1 Å². The van der Waals surface area contributed by atoms with Gasteiger partial charge in [-0.15, -0.1) is 0 Å². The Morgan fingerprint density at radius 1 is 0.938 bits per heavy atom. The highest BCUT2D eigenvalue weighted by molar-refractivity contribution is 5.99. The first-order chi connectivity index (χ1) is 15.5. The Labute approximate surface area is 184 Å². The van der Waals surface area contributed by atoms with E-state index in [0.29, 0.717) is 5.82 Å².